The van der Waals surface area contributed by atoms with Crippen LogP contribution in [0.1, 0.15) is 27.7 Å². The molecular formula is C15H22O4. The highest BCUT2D eigenvalue weighted by molar-refractivity contribution is 5.72. The van der Waals surface area contributed by atoms with Gasteiger partial charge in [-0.3, -0.25) is 4.79 Å². The van der Waals surface area contributed by atoms with Crippen LogP contribution in [0, 0.1) is 5.92 Å². The van der Waals surface area contributed by atoms with E-state index in [0.29, 0.717) is 5.75 Å². The summed E-state index contributed by atoms with van der Waals surface area (Å²) in [5, 5.41) is 0. The van der Waals surface area contributed by atoms with Crippen molar-refractivity contribution in [3.8, 4) is 11.5 Å². The van der Waals surface area contributed by atoms with Gasteiger partial charge in [0.2, 0.25) is 0 Å². The SMILES string of the molecule is COc1ccc(OC(C)C(C)C(=O)OC(C)C)cc1. The molecule has 4 nitrogen and oxygen atoms in total. The van der Waals surface area contributed by atoms with Crippen LogP contribution in [-0.2, 0) is 9.53 Å². The summed E-state index contributed by atoms with van der Waals surface area (Å²) in [7, 11) is 1.61. The minimum absolute atomic E-state index is 0.108. The Morgan fingerprint density at radius 2 is 1.53 bits per heavy atom. The second-order valence-electron chi connectivity index (χ2n) is 4.77. The highest BCUT2D eigenvalue weighted by atomic mass is 16.5. The third-order valence-corrected chi connectivity index (χ3v) is 2.81. The zero-order valence-corrected chi connectivity index (χ0v) is 12.2. The van der Waals surface area contributed by atoms with Gasteiger partial charge in [-0.2, -0.15) is 0 Å². The lowest BCUT2D eigenvalue weighted by Crippen LogP contribution is -2.31. The van der Waals surface area contributed by atoms with Crippen LogP contribution in [0.3, 0.4) is 0 Å². The van der Waals surface area contributed by atoms with E-state index >= 15 is 0 Å². The fraction of sp³-hybridized carbons (Fsp3) is 0.533. The maximum atomic E-state index is 11.8. The van der Waals surface area contributed by atoms with Crippen molar-refractivity contribution < 1.29 is 19.0 Å². The van der Waals surface area contributed by atoms with E-state index in [2.05, 4.69) is 0 Å². The number of esters is 1. The van der Waals surface area contributed by atoms with E-state index < -0.39 is 0 Å². The number of ether oxygens (including phenoxy) is 3. The average molecular weight is 266 g/mol. The van der Waals surface area contributed by atoms with Gasteiger partial charge in [-0.15, -0.1) is 0 Å². The lowest BCUT2D eigenvalue weighted by atomic mass is 10.1. The average Bonchev–Trinajstić information content (AvgIpc) is 2.37. The van der Waals surface area contributed by atoms with Gasteiger partial charge < -0.3 is 14.2 Å². The van der Waals surface area contributed by atoms with Gasteiger partial charge in [-0.1, -0.05) is 0 Å². The molecule has 0 saturated heterocycles. The molecule has 0 N–H and O–H groups in total. The van der Waals surface area contributed by atoms with E-state index in [4.69, 9.17) is 14.2 Å². The Kier molecular flexibility index (Phi) is 5.67. The molecule has 0 aromatic heterocycles. The zero-order chi connectivity index (χ0) is 14.4. The summed E-state index contributed by atoms with van der Waals surface area (Å²) in [6, 6.07) is 7.27. The molecule has 0 saturated carbocycles. The van der Waals surface area contributed by atoms with Crippen molar-refractivity contribution in [1.29, 1.82) is 0 Å². The van der Waals surface area contributed by atoms with Crippen LogP contribution >= 0.6 is 0 Å². The number of rotatable bonds is 6. The number of carbonyl (C=O) groups is 1. The van der Waals surface area contributed by atoms with Crippen molar-refractivity contribution in [2.45, 2.75) is 39.9 Å². The topological polar surface area (TPSA) is 44.8 Å². The van der Waals surface area contributed by atoms with Crippen LogP contribution in [0.15, 0.2) is 24.3 Å². The Labute approximate surface area is 114 Å². The summed E-state index contributed by atoms with van der Waals surface area (Å²) in [6.45, 7) is 7.33. The van der Waals surface area contributed by atoms with Crippen molar-refractivity contribution in [2.24, 2.45) is 5.92 Å². The van der Waals surface area contributed by atoms with Crippen LogP contribution in [0.25, 0.3) is 0 Å². The lowest BCUT2D eigenvalue weighted by Gasteiger charge is -2.21. The van der Waals surface area contributed by atoms with Crippen molar-refractivity contribution in [3.05, 3.63) is 24.3 Å². The van der Waals surface area contributed by atoms with Crippen LogP contribution in [-0.4, -0.2) is 25.3 Å². The maximum absolute atomic E-state index is 11.8. The van der Waals surface area contributed by atoms with E-state index in [1.54, 1.807) is 14.0 Å². The van der Waals surface area contributed by atoms with Gasteiger partial charge in [0.1, 0.15) is 17.6 Å². The fourth-order valence-corrected chi connectivity index (χ4v) is 1.50. The predicted octanol–water partition coefficient (Wildman–Crippen LogP) is 3.05. The largest absolute Gasteiger partial charge is 0.497 e. The first kappa shape index (κ1) is 15.3. The van der Waals surface area contributed by atoms with Crippen molar-refractivity contribution >= 4 is 5.97 Å². The van der Waals surface area contributed by atoms with E-state index in [9.17, 15) is 4.79 Å². The Bertz CT molecular complexity index is 397. The summed E-state index contributed by atoms with van der Waals surface area (Å²) in [5.74, 6) is 0.922. The molecule has 2 atom stereocenters. The molecule has 0 aliphatic heterocycles. The van der Waals surface area contributed by atoms with Gasteiger partial charge in [-0.05, 0) is 52.0 Å². The second-order valence-corrected chi connectivity index (χ2v) is 4.77. The van der Waals surface area contributed by atoms with Crippen molar-refractivity contribution in [3.63, 3.8) is 0 Å². The highest BCUT2D eigenvalue weighted by Crippen LogP contribution is 2.20. The summed E-state index contributed by atoms with van der Waals surface area (Å²) in [4.78, 5) is 11.8. The Balaban J connectivity index is 2.57. The fourth-order valence-electron chi connectivity index (χ4n) is 1.50. The Morgan fingerprint density at radius 3 is 2.00 bits per heavy atom. The molecule has 1 rings (SSSR count). The van der Waals surface area contributed by atoms with E-state index in [-0.39, 0.29) is 24.1 Å². The van der Waals surface area contributed by atoms with Gasteiger partial charge in [0.25, 0.3) is 0 Å². The molecule has 1 aromatic carbocycles. The molecule has 0 heterocycles. The molecule has 4 heteroatoms. The minimum Gasteiger partial charge on any atom is -0.497 e. The maximum Gasteiger partial charge on any atom is 0.312 e. The number of benzene rings is 1. The smallest absolute Gasteiger partial charge is 0.312 e. The van der Waals surface area contributed by atoms with Crippen LogP contribution < -0.4 is 9.47 Å². The monoisotopic (exact) mass is 266 g/mol. The van der Waals surface area contributed by atoms with Gasteiger partial charge in [0.05, 0.1) is 19.1 Å². The first-order chi connectivity index (χ1) is 8.93. The number of hydrogen-bond acceptors (Lipinski definition) is 4. The van der Waals surface area contributed by atoms with Crippen molar-refractivity contribution in [2.75, 3.05) is 7.11 Å². The standard InChI is InChI=1S/C15H22O4/c1-10(2)18-15(16)11(3)12(4)19-14-8-6-13(17-5)7-9-14/h6-12H,1-5H3. The molecule has 1 aromatic rings. The Morgan fingerprint density at radius 1 is 1.00 bits per heavy atom. The molecule has 0 fully saturated rings. The van der Waals surface area contributed by atoms with E-state index in [1.807, 2.05) is 45.0 Å². The third-order valence-electron chi connectivity index (χ3n) is 2.81. The molecule has 2 unspecified atom stereocenters. The van der Waals surface area contributed by atoms with Gasteiger partial charge in [0, 0.05) is 0 Å². The van der Waals surface area contributed by atoms with E-state index in [0.717, 1.165) is 5.75 Å². The first-order valence-electron chi connectivity index (χ1n) is 6.45. The van der Waals surface area contributed by atoms with Crippen molar-refractivity contribution in [1.82, 2.24) is 0 Å². The first-order valence-corrected chi connectivity index (χ1v) is 6.45. The molecule has 0 aliphatic carbocycles. The second kappa shape index (κ2) is 7.02. The quantitative estimate of drug-likeness (QED) is 0.742. The minimum atomic E-state index is -0.315. The molecule has 0 bridgehead atoms. The van der Waals surface area contributed by atoms with Gasteiger partial charge in [-0.25, -0.2) is 0 Å². The molecular weight excluding hydrogens is 244 g/mol. The molecule has 106 valence electrons. The van der Waals surface area contributed by atoms with E-state index in [1.165, 1.54) is 0 Å². The highest BCUT2D eigenvalue weighted by Gasteiger charge is 2.24. The number of carbonyl (C=O) groups excluding carboxylic acids is 1. The number of hydrogen-bond donors (Lipinski definition) is 0. The molecule has 0 spiro atoms. The predicted molar refractivity (Wildman–Crippen MR) is 73.5 cm³/mol. The molecule has 0 amide bonds. The summed E-state index contributed by atoms with van der Waals surface area (Å²) in [6.07, 6.45) is -0.359. The summed E-state index contributed by atoms with van der Waals surface area (Å²) >= 11 is 0. The molecule has 0 radical (unpaired) electrons. The van der Waals surface area contributed by atoms with Crippen LogP contribution in [0.2, 0.25) is 0 Å². The third kappa shape index (κ3) is 4.81. The molecule has 19 heavy (non-hydrogen) atoms. The molecule has 0 aliphatic rings. The summed E-state index contributed by atoms with van der Waals surface area (Å²) in [5.41, 5.74) is 0. The van der Waals surface area contributed by atoms with Crippen LogP contribution in [0.5, 0.6) is 11.5 Å². The lowest BCUT2D eigenvalue weighted by molar-refractivity contribution is -0.154. The zero-order valence-electron chi connectivity index (χ0n) is 12.2. The van der Waals surface area contributed by atoms with Gasteiger partial charge in [0.15, 0.2) is 0 Å². The van der Waals surface area contributed by atoms with Crippen LogP contribution in [0.4, 0.5) is 0 Å². The normalized spacial score (nSPS) is 13.8. The Hall–Kier alpha value is -1.71. The summed E-state index contributed by atoms with van der Waals surface area (Å²) < 4.78 is 16.0. The van der Waals surface area contributed by atoms with Gasteiger partial charge >= 0.3 is 5.97 Å². The number of methoxy groups -OCH3 is 1.